The van der Waals surface area contributed by atoms with Gasteiger partial charge in [0.1, 0.15) is 0 Å². The van der Waals surface area contributed by atoms with Crippen LogP contribution in [0.1, 0.15) is 59.1 Å². The number of allylic oxidation sites excluding steroid dienone is 1. The van der Waals surface area contributed by atoms with Crippen LogP contribution in [0, 0.1) is 5.41 Å². The van der Waals surface area contributed by atoms with Gasteiger partial charge in [-0.3, -0.25) is 0 Å². The van der Waals surface area contributed by atoms with Gasteiger partial charge in [-0.2, -0.15) is 0 Å². The summed E-state index contributed by atoms with van der Waals surface area (Å²) in [5.41, 5.74) is 6.13. The third kappa shape index (κ3) is 2.86. The Morgan fingerprint density at radius 3 is 2.37 bits per heavy atom. The number of fused-ring (bicyclic) bond motifs is 1. The lowest BCUT2D eigenvalue weighted by Gasteiger charge is -2.30. The van der Waals surface area contributed by atoms with E-state index in [2.05, 4.69) is 71.3 Å². The van der Waals surface area contributed by atoms with Gasteiger partial charge >= 0.3 is 0 Å². The first kappa shape index (κ1) is 14.2. The van der Waals surface area contributed by atoms with Gasteiger partial charge in [0.25, 0.3) is 0 Å². The molecule has 19 heavy (non-hydrogen) atoms. The summed E-state index contributed by atoms with van der Waals surface area (Å²) in [5, 5.41) is 3.45. The molecule has 0 amide bonds. The first-order chi connectivity index (χ1) is 8.74. The lowest BCUT2D eigenvalue weighted by Crippen LogP contribution is -2.19. The topological polar surface area (TPSA) is 12.0 Å². The van der Waals surface area contributed by atoms with Gasteiger partial charge in [0.05, 0.1) is 0 Å². The Morgan fingerprint density at radius 1 is 1.11 bits per heavy atom. The molecular weight excluding hydrogens is 230 g/mol. The van der Waals surface area contributed by atoms with Crippen molar-refractivity contribution in [2.24, 2.45) is 5.41 Å². The number of rotatable bonds is 2. The molecule has 0 aliphatic carbocycles. The highest BCUT2D eigenvalue weighted by atomic mass is 14.9. The van der Waals surface area contributed by atoms with E-state index in [1.165, 1.54) is 28.8 Å². The van der Waals surface area contributed by atoms with Crippen molar-refractivity contribution in [3.63, 3.8) is 0 Å². The lowest BCUT2D eigenvalue weighted by atomic mass is 9.78. The fraction of sp³-hybridized carbons (Fsp3) is 0.556. The molecule has 0 aromatic heterocycles. The van der Waals surface area contributed by atoms with Crippen molar-refractivity contribution in [1.29, 1.82) is 0 Å². The third-order valence-corrected chi connectivity index (χ3v) is 4.52. The van der Waals surface area contributed by atoms with Crippen LogP contribution in [0.15, 0.2) is 30.0 Å². The molecule has 1 aromatic rings. The van der Waals surface area contributed by atoms with Crippen LogP contribution in [0.25, 0.3) is 0 Å². The molecule has 0 bridgehead atoms. The first-order valence-corrected chi connectivity index (χ1v) is 7.33. The van der Waals surface area contributed by atoms with E-state index < -0.39 is 0 Å². The van der Waals surface area contributed by atoms with Crippen molar-refractivity contribution in [2.75, 3.05) is 5.32 Å². The smallest absolute Gasteiger partial charge is 0.0415 e. The van der Waals surface area contributed by atoms with Crippen LogP contribution in [0.2, 0.25) is 0 Å². The van der Waals surface area contributed by atoms with Crippen molar-refractivity contribution >= 4 is 5.69 Å². The Labute approximate surface area is 118 Å². The van der Waals surface area contributed by atoms with Gasteiger partial charge < -0.3 is 5.32 Å². The maximum absolute atomic E-state index is 3.45. The lowest BCUT2D eigenvalue weighted by molar-refractivity contribution is 0.488. The van der Waals surface area contributed by atoms with Gasteiger partial charge in [-0.25, -0.2) is 0 Å². The minimum atomic E-state index is 0.237. The first-order valence-electron chi connectivity index (χ1n) is 7.33. The molecule has 0 unspecified atom stereocenters. The number of anilines is 1. The predicted molar refractivity (Wildman–Crippen MR) is 84.6 cm³/mol. The zero-order valence-corrected chi connectivity index (χ0v) is 13.2. The van der Waals surface area contributed by atoms with Gasteiger partial charge in [-0.1, -0.05) is 53.7 Å². The molecule has 1 N–H and O–H groups in total. The average molecular weight is 257 g/mol. The summed E-state index contributed by atoms with van der Waals surface area (Å²) in [5.74, 6) is 0. The van der Waals surface area contributed by atoms with Gasteiger partial charge in [0.2, 0.25) is 0 Å². The van der Waals surface area contributed by atoms with Crippen molar-refractivity contribution < 1.29 is 0 Å². The Balaban J connectivity index is 2.34. The zero-order valence-electron chi connectivity index (χ0n) is 13.2. The third-order valence-electron chi connectivity index (χ3n) is 4.52. The van der Waals surface area contributed by atoms with E-state index in [9.17, 15) is 0 Å². The van der Waals surface area contributed by atoms with Crippen molar-refractivity contribution in [2.45, 2.75) is 59.8 Å². The monoisotopic (exact) mass is 257 g/mol. The van der Waals surface area contributed by atoms with Crippen LogP contribution >= 0.6 is 0 Å². The molecule has 104 valence electrons. The molecule has 0 atom stereocenters. The molecule has 0 radical (unpaired) electrons. The summed E-state index contributed by atoms with van der Waals surface area (Å²) < 4.78 is 0. The Bertz CT molecular complexity index is 501. The summed E-state index contributed by atoms with van der Waals surface area (Å²) in [7, 11) is 0. The second-order valence-electron chi connectivity index (χ2n) is 7.35. The molecule has 1 heterocycles. The van der Waals surface area contributed by atoms with E-state index in [1.54, 1.807) is 0 Å². The second kappa shape index (κ2) is 4.70. The van der Waals surface area contributed by atoms with Crippen LogP contribution in [-0.2, 0) is 11.8 Å². The highest BCUT2D eigenvalue weighted by Gasteiger charge is 2.24. The molecule has 1 aliphatic heterocycles. The fourth-order valence-corrected chi connectivity index (χ4v) is 2.41. The van der Waals surface area contributed by atoms with Crippen molar-refractivity contribution in [3.05, 3.63) is 41.1 Å². The van der Waals surface area contributed by atoms with Gasteiger partial charge in [-0.15, -0.1) is 0 Å². The largest absolute Gasteiger partial charge is 0.361 e. The Morgan fingerprint density at radius 2 is 1.79 bits per heavy atom. The summed E-state index contributed by atoms with van der Waals surface area (Å²) in [6.45, 7) is 13.8. The Hall–Kier alpha value is -1.24. The Kier molecular flexibility index (Phi) is 3.51. The van der Waals surface area contributed by atoms with E-state index >= 15 is 0 Å². The SMILES string of the molecule is CCC(C)(C)c1ccc2c(c1)CC(C(C)(C)C)=CN2. The van der Waals surface area contributed by atoms with Crippen LogP contribution in [-0.4, -0.2) is 0 Å². The molecule has 0 fully saturated rings. The molecule has 1 heteroatoms. The van der Waals surface area contributed by atoms with E-state index in [0.717, 1.165) is 6.42 Å². The van der Waals surface area contributed by atoms with E-state index in [1.807, 2.05) is 0 Å². The van der Waals surface area contributed by atoms with E-state index in [0.29, 0.717) is 0 Å². The summed E-state index contributed by atoms with van der Waals surface area (Å²) in [4.78, 5) is 0. The quantitative estimate of drug-likeness (QED) is 0.760. The number of hydrogen-bond acceptors (Lipinski definition) is 1. The standard InChI is InChI=1S/C18H27N/c1-7-18(5,6)14-8-9-16-13(10-14)11-15(12-19-16)17(2,3)4/h8-10,12,19H,7,11H2,1-6H3. The molecule has 0 saturated heterocycles. The molecule has 0 spiro atoms. The van der Waals surface area contributed by atoms with Crippen LogP contribution in [0.3, 0.4) is 0 Å². The summed E-state index contributed by atoms with van der Waals surface area (Å²) in [6.07, 6.45) is 4.42. The number of hydrogen-bond donors (Lipinski definition) is 1. The minimum Gasteiger partial charge on any atom is -0.361 e. The molecule has 1 nitrogen and oxygen atoms in total. The van der Waals surface area contributed by atoms with E-state index in [-0.39, 0.29) is 10.8 Å². The molecule has 1 aromatic carbocycles. The van der Waals surface area contributed by atoms with Gasteiger partial charge in [0, 0.05) is 11.9 Å². The number of benzene rings is 1. The second-order valence-corrected chi connectivity index (χ2v) is 7.35. The number of nitrogens with one attached hydrogen (secondary N) is 1. The predicted octanol–water partition coefficient (Wildman–Crippen LogP) is 5.27. The van der Waals surface area contributed by atoms with Crippen LogP contribution in [0.4, 0.5) is 5.69 Å². The van der Waals surface area contributed by atoms with Crippen molar-refractivity contribution in [3.8, 4) is 0 Å². The zero-order chi connectivity index (χ0) is 14.3. The van der Waals surface area contributed by atoms with Crippen LogP contribution < -0.4 is 5.32 Å². The van der Waals surface area contributed by atoms with Crippen LogP contribution in [0.5, 0.6) is 0 Å². The summed E-state index contributed by atoms with van der Waals surface area (Å²) >= 11 is 0. The molecule has 0 saturated carbocycles. The molecule has 2 rings (SSSR count). The maximum Gasteiger partial charge on any atom is 0.0415 e. The van der Waals surface area contributed by atoms with Gasteiger partial charge in [0.15, 0.2) is 0 Å². The van der Waals surface area contributed by atoms with Crippen molar-refractivity contribution in [1.82, 2.24) is 0 Å². The molecule has 1 aliphatic rings. The fourth-order valence-electron chi connectivity index (χ4n) is 2.41. The average Bonchev–Trinajstić information content (AvgIpc) is 2.36. The maximum atomic E-state index is 3.45. The highest BCUT2D eigenvalue weighted by Crippen LogP contribution is 2.36. The van der Waals surface area contributed by atoms with E-state index in [4.69, 9.17) is 0 Å². The summed E-state index contributed by atoms with van der Waals surface area (Å²) in [6, 6.07) is 6.90. The minimum absolute atomic E-state index is 0.237. The highest BCUT2D eigenvalue weighted by molar-refractivity contribution is 5.59. The van der Waals surface area contributed by atoms with Gasteiger partial charge in [-0.05, 0) is 46.4 Å². The normalized spacial score (nSPS) is 15.6. The molecular formula is C18H27N.